The largest absolute Gasteiger partial charge is 0.480 e. The van der Waals surface area contributed by atoms with E-state index in [2.05, 4.69) is 28.6 Å². The molecule has 0 aliphatic carbocycles. The molecular formula is C16H30N4O7S. The summed E-state index contributed by atoms with van der Waals surface area (Å²) in [5.41, 5.74) is 5.36. The highest BCUT2D eigenvalue weighted by atomic mass is 32.1. The summed E-state index contributed by atoms with van der Waals surface area (Å²) in [5, 5.41) is 34.7. The molecule has 0 aromatic heterocycles. The van der Waals surface area contributed by atoms with Crippen molar-refractivity contribution in [1.82, 2.24) is 16.0 Å². The number of carbonyl (C=O) groups excluding carboxylic acids is 3. The molecule has 0 aromatic carbocycles. The highest BCUT2D eigenvalue weighted by Crippen LogP contribution is 2.06. The van der Waals surface area contributed by atoms with Crippen molar-refractivity contribution >= 4 is 36.3 Å². The maximum atomic E-state index is 12.4. The minimum Gasteiger partial charge on any atom is -0.480 e. The molecule has 12 heteroatoms. The first-order valence-electron chi connectivity index (χ1n) is 8.73. The molecule has 0 bridgehead atoms. The first kappa shape index (κ1) is 26.1. The molecule has 3 amide bonds. The van der Waals surface area contributed by atoms with Crippen LogP contribution in [0, 0.1) is 5.92 Å². The van der Waals surface area contributed by atoms with Crippen LogP contribution in [0.15, 0.2) is 0 Å². The third kappa shape index (κ3) is 8.87. The van der Waals surface area contributed by atoms with Crippen molar-refractivity contribution in [2.45, 2.75) is 57.5 Å². The average molecular weight is 423 g/mol. The molecule has 0 aliphatic rings. The van der Waals surface area contributed by atoms with E-state index in [9.17, 15) is 29.4 Å². The van der Waals surface area contributed by atoms with Crippen LogP contribution in [0.3, 0.4) is 0 Å². The average Bonchev–Trinajstić information content (AvgIpc) is 2.61. The molecule has 11 nitrogen and oxygen atoms in total. The molecule has 0 aliphatic heterocycles. The van der Waals surface area contributed by atoms with Crippen LogP contribution in [0.25, 0.3) is 0 Å². The van der Waals surface area contributed by atoms with Gasteiger partial charge in [0, 0.05) is 5.75 Å². The Kier molecular flexibility index (Phi) is 11.7. The molecule has 0 radical (unpaired) electrons. The van der Waals surface area contributed by atoms with E-state index in [1.54, 1.807) is 13.8 Å². The zero-order chi connectivity index (χ0) is 22.0. The minimum absolute atomic E-state index is 0.0102. The number of thiol groups is 1. The van der Waals surface area contributed by atoms with Gasteiger partial charge in [-0.05, 0) is 19.3 Å². The summed E-state index contributed by atoms with van der Waals surface area (Å²) < 4.78 is 0. The van der Waals surface area contributed by atoms with Gasteiger partial charge >= 0.3 is 5.97 Å². The quantitative estimate of drug-likeness (QED) is 0.155. The summed E-state index contributed by atoms with van der Waals surface area (Å²) in [5.74, 6) is -3.87. The number of hydrogen-bond donors (Lipinski definition) is 8. The molecule has 0 heterocycles. The molecule has 162 valence electrons. The van der Waals surface area contributed by atoms with E-state index >= 15 is 0 Å². The number of nitrogens with two attached hydrogens (primary N) is 1. The molecule has 28 heavy (non-hydrogen) atoms. The van der Waals surface area contributed by atoms with Crippen molar-refractivity contribution in [3.05, 3.63) is 0 Å². The smallest absolute Gasteiger partial charge is 0.326 e. The summed E-state index contributed by atoms with van der Waals surface area (Å²) in [7, 11) is 0. The summed E-state index contributed by atoms with van der Waals surface area (Å²) in [4.78, 5) is 47.8. The van der Waals surface area contributed by atoms with Gasteiger partial charge in [0.15, 0.2) is 0 Å². The van der Waals surface area contributed by atoms with Gasteiger partial charge in [-0.2, -0.15) is 12.6 Å². The molecule has 0 spiro atoms. The Hall–Kier alpha value is -1.89. The van der Waals surface area contributed by atoms with Crippen molar-refractivity contribution in [3.63, 3.8) is 0 Å². The first-order chi connectivity index (χ1) is 12.9. The molecule has 0 saturated carbocycles. The van der Waals surface area contributed by atoms with Crippen molar-refractivity contribution in [2.75, 3.05) is 12.4 Å². The molecule has 0 aromatic rings. The Balaban J connectivity index is 5.12. The van der Waals surface area contributed by atoms with E-state index < -0.39 is 60.6 Å². The predicted molar refractivity (Wildman–Crippen MR) is 103 cm³/mol. The Morgan fingerprint density at radius 1 is 0.964 bits per heavy atom. The summed E-state index contributed by atoms with van der Waals surface area (Å²) in [6.07, 6.45) is -1.13. The second-order valence-electron chi connectivity index (χ2n) is 6.79. The van der Waals surface area contributed by atoms with Gasteiger partial charge in [0.1, 0.15) is 24.2 Å². The SMILES string of the molecule is CC(C)CC(NC(=O)C(CS)NC(=O)C(NC(=O)C(N)CO)C(C)O)C(=O)O. The van der Waals surface area contributed by atoms with E-state index in [1.807, 2.05) is 0 Å². The van der Waals surface area contributed by atoms with Gasteiger partial charge in [-0.3, -0.25) is 14.4 Å². The van der Waals surface area contributed by atoms with Crippen LogP contribution in [0.4, 0.5) is 0 Å². The fourth-order valence-electron chi connectivity index (χ4n) is 2.17. The fourth-order valence-corrected chi connectivity index (χ4v) is 2.43. The van der Waals surface area contributed by atoms with E-state index in [-0.39, 0.29) is 18.1 Å². The number of aliphatic hydroxyl groups is 2. The van der Waals surface area contributed by atoms with Crippen molar-refractivity contribution in [3.8, 4) is 0 Å². The number of aliphatic carboxylic acids is 1. The van der Waals surface area contributed by atoms with Gasteiger partial charge in [-0.1, -0.05) is 13.8 Å². The van der Waals surface area contributed by atoms with Crippen LogP contribution in [-0.4, -0.2) is 81.6 Å². The highest BCUT2D eigenvalue weighted by molar-refractivity contribution is 7.80. The van der Waals surface area contributed by atoms with Crippen LogP contribution in [-0.2, 0) is 19.2 Å². The van der Waals surface area contributed by atoms with Crippen molar-refractivity contribution in [2.24, 2.45) is 11.7 Å². The topological polar surface area (TPSA) is 191 Å². The van der Waals surface area contributed by atoms with Crippen molar-refractivity contribution < 1.29 is 34.5 Å². The standard InChI is InChI=1S/C16H30N4O7S/c1-7(2)4-10(16(26)27)18-14(24)11(6-28)19-15(25)12(8(3)22)20-13(23)9(17)5-21/h7-12,21-22,28H,4-6,17H2,1-3H3,(H,18,24)(H,19,25)(H,20,23)(H,26,27). The number of amides is 3. The number of hydrogen-bond acceptors (Lipinski definition) is 8. The second-order valence-corrected chi connectivity index (χ2v) is 7.15. The zero-order valence-corrected chi connectivity index (χ0v) is 17.0. The van der Waals surface area contributed by atoms with E-state index in [1.165, 1.54) is 6.92 Å². The Morgan fingerprint density at radius 2 is 1.50 bits per heavy atom. The van der Waals surface area contributed by atoms with Gasteiger partial charge in [-0.25, -0.2) is 4.79 Å². The predicted octanol–water partition coefficient (Wildman–Crippen LogP) is -2.80. The van der Waals surface area contributed by atoms with Gasteiger partial charge in [0.2, 0.25) is 17.7 Å². The molecule has 5 unspecified atom stereocenters. The summed E-state index contributed by atoms with van der Waals surface area (Å²) >= 11 is 3.99. The lowest BCUT2D eigenvalue weighted by atomic mass is 10.0. The van der Waals surface area contributed by atoms with E-state index in [4.69, 9.17) is 10.8 Å². The minimum atomic E-state index is -1.44. The van der Waals surface area contributed by atoms with Gasteiger partial charge in [0.05, 0.1) is 12.7 Å². The molecule has 0 fully saturated rings. The Morgan fingerprint density at radius 3 is 1.89 bits per heavy atom. The monoisotopic (exact) mass is 422 g/mol. The van der Waals surface area contributed by atoms with E-state index in [0.717, 1.165) is 0 Å². The number of carbonyl (C=O) groups is 4. The molecule has 0 rings (SSSR count). The fraction of sp³-hybridized carbons (Fsp3) is 0.750. The number of carboxylic acids is 1. The van der Waals surface area contributed by atoms with Crippen LogP contribution in [0.1, 0.15) is 27.2 Å². The summed E-state index contributed by atoms with van der Waals surface area (Å²) in [6.45, 7) is 4.18. The highest BCUT2D eigenvalue weighted by Gasteiger charge is 2.31. The van der Waals surface area contributed by atoms with Gasteiger partial charge in [-0.15, -0.1) is 0 Å². The number of rotatable bonds is 12. The zero-order valence-electron chi connectivity index (χ0n) is 16.1. The number of aliphatic hydroxyl groups excluding tert-OH is 2. The third-order valence-corrected chi connectivity index (χ3v) is 4.10. The lowest BCUT2D eigenvalue weighted by Gasteiger charge is -2.25. The van der Waals surface area contributed by atoms with Gasteiger partial charge < -0.3 is 37.0 Å². The second kappa shape index (κ2) is 12.5. The summed E-state index contributed by atoms with van der Waals surface area (Å²) in [6, 6.07) is -5.06. The molecule has 5 atom stereocenters. The van der Waals surface area contributed by atoms with Crippen LogP contribution < -0.4 is 21.7 Å². The number of carboxylic acid groups (broad SMARTS) is 1. The molecule has 8 N–H and O–H groups in total. The van der Waals surface area contributed by atoms with Crippen molar-refractivity contribution in [1.29, 1.82) is 0 Å². The van der Waals surface area contributed by atoms with E-state index in [0.29, 0.717) is 0 Å². The molecular weight excluding hydrogens is 392 g/mol. The van der Waals surface area contributed by atoms with Gasteiger partial charge in [0.25, 0.3) is 0 Å². The first-order valence-corrected chi connectivity index (χ1v) is 9.37. The normalized spacial score (nSPS) is 16.4. The molecule has 0 saturated heterocycles. The maximum absolute atomic E-state index is 12.4. The lowest BCUT2D eigenvalue weighted by molar-refractivity contribution is -0.142. The van der Waals surface area contributed by atoms with Crippen LogP contribution in [0.2, 0.25) is 0 Å². The maximum Gasteiger partial charge on any atom is 0.326 e. The third-order valence-electron chi connectivity index (χ3n) is 3.73. The Bertz CT molecular complexity index is 559. The van der Waals surface area contributed by atoms with Crippen LogP contribution in [0.5, 0.6) is 0 Å². The lowest BCUT2D eigenvalue weighted by Crippen LogP contribution is -2.60. The van der Waals surface area contributed by atoms with Crippen LogP contribution >= 0.6 is 12.6 Å². The number of nitrogens with one attached hydrogen (secondary N) is 3. The Labute approximate surface area is 168 Å².